The van der Waals surface area contributed by atoms with Crippen molar-refractivity contribution in [1.29, 1.82) is 0 Å². The van der Waals surface area contributed by atoms with Gasteiger partial charge in [-0.1, -0.05) is 121 Å². The van der Waals surface area contributed by atoms with Crippen LogP contribution in [0.2, 0.25) is 0 Å². The zero-order valence-electron chi connectivity index (χ0n) is 34.3. The summed E-state index contributed by atoms with van der Waals surface area (Å²) in [5.74, 6) is -0.0536. The van der Waals surface area contributed by atoms with Crippen molar-refractivity contribution in [3.05, 3.63) is 174 Å². The summed E-state index contributed by atoms with van der Waals surface area (Å²) in [6.07, 6.45) is 1.56. The van der Waals surface area contributed by atoms with E-state index in [4.69, 9.17) is 4.74 Å². The molecular weight excluding hydrogens is 763 g/mol. The lowest BCUT2D eigenvalue weighted by atomic mass is 10.00. The minimum atomic E-state index is -0.415. The Balaban J connectivity index is 0.879. The Morgan fingerprint density at radius 3 is 1.85 bits per heavy atom. The van der Waals surface area contributed by atoms with Crippen LogP contribution in [-0.4, -0.2) is 86.3 Å². The largest absolute Gasteiger partial charge is 0.508 e. The predicted octanol–water partition coefficient (Wildman–Crippen LogP) is 8.50. The van der Waals surface area contributed by atoms with E-state index in [0.717, 1.165) is 71.8 Å². The molecule has 0 spiro atoms. The number of nitrogens with one attached hydrogen (secondary N) is 3. The molecule has 7 rings (SSSR count). The Morgan fingerprint density at radius 2 is 1.21 bits per heavy atom. The average molecular weight is 816 g/mol. The number of rotatable bonds is 18. The first-order chi connectivity index (χ1) is 29.9. The normalized spacial score (nSPS) is 13.0. The Hall–Kier alpha value is -6.59. The van der Waals surface area contributed by atoms with Crippen LogP contribution in [0.15, 0.2) is 158 Å². The van der Waals surface area contributed by atoms with Crippen molar-refractivity contribution >= 4 is 29.2 Å². The van der Waals surface area contributed by atoms with E-state index < -0.39 is 6.09 Å². The van der Waals surface area contributed by atoms with Gasteiger partial charge in [-0.3, -0.25) is 9.59 Å². The van der Waals surface area contributed by atoms with Gasteiger partial charge in [-0.15, -0.1) is 0 Å². The number of ether oxygens (including phenoxy) is 1. The number of para-hydroxylation sites is 2. The van der Waals surface area contributed by atoms with Crippen LogP contribution in [0.3, 0.4) is 0 Å². The molecule has 0 atom stereocenters. The van der Waals surface area contributed by atoms with E-state index in [1.54, 1.807) is 41.3 Å². The lowest BCUT2D eigenvalue weighted by molar-refractivity contribution is 0.0566. The molecular formula is C51H53N5O5. The zero-order valence-corrected chi connectivity index (χ0v) is 34.3. The van der Waals surface area contributed by atoms with Crippen LogP contribution < -0.4 is 20.9 Å². The number of ketones is 1. The van der Waals surface area contributed by atoms with Gasteiger partial charge in [-0.25, -0.2) is 9.69 Å². The molecule has 1 fully saturated rings. The SMILES string of the molecule is O=C(CNCCN1CCC(OC(=O)N(c2ccccc2-c2ccccc2)c2ccccc2-c2ccccc2)CC1)c1cccc(C(=O)NCCNCCc2ccc(O)cc2)c1. The number of hydrogen-bond acceptors (Lipinski definition) is 8. The number of benzene rings is 6. The van der Waals surface area contributed by atoms with Gasteiger partial charge in [0.05, 0.1) is 17.9 Å². The number of anilines is 2. The molecule has 6 aromatic carbocycles. The van der Waals surface area contributed by atoms with E-state index in [-0.39, 0.29) is 30.1 Å². The fourth-order valence-corrected chi connectivity index (χ4v) is 7.60. The first-order valence-corrected chi connectivity index (χ1v) is 21.1. The van der Waals surface area contributed by atoms with E-state index in [1.165, 1.54) is 0 Å². The highest BCUT2D eigenvalue weighted by atomic mass is 16.6. The molecule has 10 nitrogen and oxygen atoms in total. The predicted molar refractivity (Wildman–Crippen MR) is 242 cm³/mol. The van der Waals surface area contributed by atoms with Gasteiger partial charge in [-0.2, -0.15) is 0 Å². The average Bonchev–Trinajstić information content (AvgIpc) is 3.31. The Morgan fingerprint density at radius 1 is 0.623 bits per heavy atom. The van der Waals surface area contributed by atoms with Crippen LogP contribution in [0.1, 0.15) is 39.1 Å². The highest BCUT2D eigenvalue weighted by Crippen LogP contribution is 2.40. The number of carbonyl (C=O) groups is 3. The van der Waals surface area contributed by atoms with Crippen molar-refractivity contribution in [3.8, 4) is 28.0 Å². The monoisotopic (exact) mass is 815 g/mol. The quantitative estimate of drug-likeness (QED) is 0.0504. The smallest absolute Gasteiger partial charge is 0.419 e. The van der Waals surface area contributed by atoms with Gasteiger partial charge in [-0.05, 0) is 78.9 Å². The second-order valence-corrected chi connectivity index (χ2v) is 15.1. The zero-order chi connectivity index (χ0) is 42.2. The van der Waals surface area contributed by atoms with Crippen LogP contribution in [0, 0.1) is 0 Å². The Labute approximate surface area is 358 Å². The number of nitrogens with zero attached hydrogens (tertiary/aromatic N) is 2. The summed E-state index contributed by atoms with van der Waals surface area (Å²) in [5, 5.41) is 18.9. The summed E-state index contributed by atoms with van der Waals surface area (Å²) in [7, 11) is 0. The maximum atomic E-state index is 14.5. The summed E-state index contributed by atoms with van der Waals surface area (Å²) in [6, 6.07) is 50.1. The summed E-state index contributed by atoms with van der Waals surface area (Å²) < 4.78 is 6.34. The third-order valence-corrected chi connectivity index (χ3v) is 10.9. The number of likely N-dealkylation sites (tertiary alicyclic amines) is 1. The molecule has 0 unspecified atom stereocenters. The van der Waals surface area contributed by atoms with Crippen LogP contribution in [-0.2, 0) is 11.2 Å². The van der Waals surface area contributed by atoms with Crippen LogP contribution in [0.5, 0.6) is 5.75 Å². The van der Waals surface area contributed by atoms with Crippen molar-refractivity contribution < 1.29 is 24.2 Å². The van der Waals surface area contributed by atoms with Crippen molar-refractivity contribution in [2.24, 2.45) is 0 Å². The van der Waals surface area contributed by atoms with Crippen molar-refractivity contribution in [1.82, 2.24) is 20.9 Å². The van der Waals surface area contributed by atoms with E-state index in [2.05, 4.69) is 45.1 Å². The third-order valence-electron chi connectivity index (χ3n) is 10.9. The molecule has 312 valence electrons. The fraction of sp³-hybridized carbons (Fsp3) is 0.235. The first kappa shape index (κ1) is 42.5. The maximum absolute atomic E-state index is 14.5. The Bertz CT molecular complexity index is 2260. The second kappa shape index (κ2) is 21.6. The van der Waals surface area contributed by atoms with Crippen molar-refractivity contribution in [2.45, 2.75) is 25.4 Å². The minimum Gasteiger partial charge on any atom is -0.508 e. The molecule has 0 bridgehead atoms. The van der Waals surface area contributed by atoms with E-state index in [0.29, 0.717) is 43.6 Å². The molecule has 61 heavy (non-hydrogen) atoms. The standard InChI is InChI=1S/C51H53N5O5/c57-43-24-22-38(23-25-43)26-29-52-30-31-54-50(59)42-17-11-16-41(36-42)49(58)37-53-32-35-55-33-27-44(28-34-55)61-51(60)56(47-20-9-7-18-45(47)39-12-3-1-4-13-39)48-21-10-8-19-46(48)40-14-5-2-6-15-40/h1-25,36,44,52-53,57H,26-35,37H2,(H,54,59). The molecule has 0 radical (unpaired) electrons. The number of aromatic hydroxyl groups is 1. The number of phenolic OH excluding ortho intramolecular Hbond substituents is 1. The number of hydrogen-bond donors (Lipinski definition) is 4. The molecule has 1 aliphatic rings. The molecule has 0 saturated carbocycles. The fourth-order valence-electron chi connectivity index (χ4n) is 7.60. The lowest BCUT2D eigenvalue weighted by Gasteiger charge is -2.34. The van der Waals surface area contributed by atoms with Crippen LogP contribution in [0.4, 0.5) is 16.2 Å². The molecule has 6 aromatic rings. The number of amides is 2. The molecule has 0 aromatic heterocycles. The summed E-state index contributed by atoms with van der Waals surface area (Å²) >= 11 is 0. The van der Waals surface area contributed by atoms with Gasteiger partial charge in [0, 0.05) is 61.5 Å². The van der Waals surface area contributed by atoms with E-state index in [9.17, 15) is 19.5 Å². The number of Topliss-reactive ketones (excluding diaryl/α,β-unsaturated/α-hetero) is 1. The molecule has 4 N–H and O–H groups in total. The summed E-state index contributed by atoms with van der Waals surface area (Å²) in [4.78, 5) is 44.4. The van der Waals surface area contributed by atoms with Gasteiger partial charge < -0.3 is 30.7 Å². The van der Waals surface area contributed by atoms with E-state index >= 15 is 0 Å². The van der Waals surface area contributed by atoms with Crippen LogP contribution >= 0.6 is 0 Å². The summed E-state index contributed by atoms with van der Waals surface area (Å²) in [5.41, 5.74) is 7.43. The molecule has 1 heterocycles. The van der Waals surface area contributed by atoms with Gasteiger partial charge in [0.25, 0.3) is 5.91 Å². The van der Waals surface area contributed by atoms with Gasteiger partial charge in [0.1, 0.15) is 11.9 Å². The third kappa shape index (κ3) is 11.8. The Kier molecular flexibility index (Phi) is 15.1. The maximum Gasteiger partial charge on any atom is 0.419 e. The lowest BCUT2D eigenvalue weighted by Crippen LogP contribution is -2.42. The second-order valence-electron chi connectivity index (χ2n) is 15.1. The van der Waals surface area contributed by atoms with Crippen molar-refractivity contribution in [3.63, 3.8) is 0 Å². The number of carbonyl (C=O) groups excluding carboxylic acids is 3. The molecule has 1 aliphatic heterocycles. The van der Waals surface area contributed by atoms with Gasteiger partial charge in [0.15, 0.2) is 5.78 Å². The molecule has 2 amide bonds. The molecule has 0 aliphatic carbocycles. The first-order valence-electron chi connectivity index (χ1n) is 21.1. The summed E-state index contributed by atoms with van der Waals surface area (Å²) in [6.45, 7) is 4.88. The van der Waals surface area contributed by atoms with Crippen LogP contribution in [0.25, 0.3) is 22.3 Å². The van der Waals surface area contributed by atoms with Gasteiger partial charge >= 0.3 is 6.09 Å². The highest BCUT2D eigenvalue weighted by Gasteiger charge is 2.29. The molecule has 1 saturated heterocycles. The molecule has 10 heteroatoms. The highest BCUT2D eigenvalue weighted by molar-refractivity contribution is 6.04. The minimum absolute atomic E-state index is 0.0802. The topological polar surface area (TPSA) is 123 Å². The van der Waals surface area contributed by atoms with Gasteiger partial charge in [0.2, 0.25) is 0 Å². The van der Waals surface area contributed by atoms with Crippen molar-refractivity contribution in [2.75, 3.05) is 57.3 Å². The number of phenols is 1. The van der Waals surface area contributed by atoms with E-state index in [1.807, 2.05) is 97.1 Å². The number of piperidine rings is 1.